The third-order valence-electron chi connectivity index (χ3n) is 6.37. The van der Waals surface area contributed by atoms with Gasteiger partial charge in [0.25, 0.3) is 10.5 Å². The van der Waals surface area contributed by atoms with Crippen molar-refractivity contribution in [2.24, 2.45) is 0 Å². The maximum Gasteiger partial charge on any atom is 0.335 e. The van der Waals surface area contributed by atoms with Crippen LogP contribution in [0.25, 0.3) is 66.2 Å². The summed E-state index contributed by atoms with van der Waals surface area (Å²) in [4.78, 5) is 63.7. The van der Waals surface area contributed by atoms with Crippen LogP contribution in [0, 0.1) is 0 Å². The average molecular weight is 553 g/mol. The van der Waals surface area contributed by atoms with Crippen molar-refractivity contribution in [1.82, 2.24) is 29.9 Å². The predicted molar refractivity (Wildman–Crippen MR) is 146 cm³/mol. The second-order valence-corrected chi connectivity index (χ2v) is 9.41. The molecule has 4 aromatic carbocycles. The standard InChI is InChI=1S/C27H10Cl2N6O4/c28-25(36)10-1-4-13-16(7-10)33-22-19(30-13)20-23(35-18-9-12(27(38)39)3-6-15(18)32-20)24-21(22)31-14-5-2-11(26(29)37)8-17(14)34-24/h1-9H,(H,38,39). The molecule has 7 rings (SSSR count). The van der Waals surface area contributed by atoms with Gasteiger partial charge in [-0.2, -0.15) is 0 Å². The minimum absolute atomic E-state index is 0.0541. The highest BCUT2D eigenvalue weighted by atomic mass is 35.5. The van der Waals surface area contributed by atoms with Crippen LogP contribution in [0.4, 0.5) is 0 Å². The number of carbonyl (C=O) groups excluding carboxylic acids is 2. The third kappa shape index (κ3) is 3.61. The van der Waals surface area contributed by atoms with Gasteiger partial charge in [-0.3, -0.25) is 9.59 Å². The number of aromatic nitrogens is 6. The predicted octanol–water partition coefficient (Wildman–Crippen LogP) is 5.43. The highest BCUT2D eigenvalue weighted by molar-refractivity contribution is 6.68. The number of rotatable bonds is 3. The zero-order chi connectivity index (χ0) is 27.0. The largest absolute Gasteiger partial charge is 0.478 e. The Labute approximate surface area is 226 Å². The van der Waals surface area contributed by atoms with Crippen molar-refractivity contribution in [3.8, 4) is 0 Å². The Morgan fingerprint density at radius 1 is 0.462 bits per heavy atom. The first-order valence-electron chi connectivity index (χ1n) is 11.4. The van der Waals surface area contributed by atoms with Gasteiger partial charge in [-0.1, -0.05) is 0 Å². The Kier molecular flexibility index (Phi) is 4.93. The number of carboxylic acid groups (broad SMARTS) is 1. The number of aromatic carboxylic acids is 1. The van der Waals surface area contributed by atoms with E-state index in [0.717, 1.165) is 0 Å². The quantitative estimate of drug-likeness (QED) is 0.170. The number of carboxylic acids is 1. The highest BCUT2D eigenvalue weighted by Crippen LogP contribution is 2.33. The second-order valence-electron chi connectivity index (χ2n) is 8.73. The van der Waals surface area contributed by atoms with Crippen molar-refractivity contribution in [3.63, 3.8) is 0 Å². The molecule has 186 valence electrons. The lowest BCUT2D eigenvalue weighted by Gasteiger charge is -2.11. The van der Waals surface area contributed by atoms with E-state index >= 15 is 0 Å². The van der Waals surface area contributed by atoms with E-state index in [2.05, 4.69) is 0 Å². The van der Waals surface area contributed by atoms with Gasteiger partial charge in [-0.15, -0.1) is 0 Å². The fourth-order valence-corrected chi connectivity index (χ4v) is 4.77. The minimum atomic E-state index is -1.10. The van der Waals surface area contributed by atoms with Crippen LogP contribution in [0.3, 0.4) is 0 Å². The van der Waals surface area contributed by atoms with Gasteiger partial charge in [0.15, 0.2) is 0 Å². The number of fused-ring (bicyclic) bond motifs is 9. The summed E-state index contributed by atoms with van der Waals surface area (Å²) in [5.74, 6) is -1.10. The van der Waals surface area contributed by atoms with Crippen LogP contribution in [0.2, 0.25) is 0 Å². The molecule has 0 bridgehead atoms. The summed E-state index contributed by atoms with van der Waals surface area (Å²) in [7, 11) is 0. The van der Waals surface area contributed by atoms with Crippen molar-refractivity contribution in [3.05, 3.63) is 71.3 Å². The first-order valence-corrected chi connectivity index (χ1v) is 12.1. The summed E-state index contributed by atoms with van der Waals surface area (Å²) in [6.45, 7) is 0. The van der Waals surface area contributed by atoms with Crippen LogP contribution in [0.5, 0.6) is 0 Å². The van der Waals surface area contributed by atoms with E-state index in [-0.39, 0.29) is 16.7 Å². The molecule has 0 radical (unpaired) electrons. The number of benzene rings is 4. The van der Waals surface area contributed by atoms with Gasteiger partial charge < -0.3 is 5.11 Å². The van der Waals surface area contributed by atoms with Crippen molar-refractivity contribution in [2.45, 2.75) is 0 Å². The molecule has 3 heterocycles. The van der Waals surface area contributed by atoms with Crippen molar-refractivity contribution in [2.75, 3.05) is 0 Å². The van der Waals surface area contributed by atoms with Gasteiger partial charge in [0.2, 0.25) is 0 Å². The Bertz CT molecular complexity index is 2290. The molecule has 1 N–H and O–H groups in total. The number of halogens is 2. The normalized spacial score (nSPS) is 11.7. The van der Waals surface area contributed by atoms with Crippen molar-refractivity contribution >= 4 is 106 Å². The van der Waals surface area contributed by atoms with E-state index in [1.54, 1.807) is 36.4 Å². The van der Waals surface area contributed by atoms with Crippen LogP contribution in [0.1, 0.15) is 31.1 Å². The van der Waals surface area contributed by atoms with Crippen LogP contribution in [-0.4, -0.2) is 51.5 Å². The Morgan fingerprint density at radius 3 is 1.05 bits per heavy atom. The summed E-state index contributed by atoms with van der Waals surface area (Å²) in [6.07, 6.45) is 0. The second kappa shape index (κ2) is 8.29. The van der Waals surface area contributed by atoms with E-state index in [9.17, 15) is 19.5 Å². The molecule has 7 aromatic rings. The number of hydrogen-bond donors (Lipinski definition) is 1. The fourth-order valence-electron chi connectivity index (χ4n) is 4.53. The smallest absolute Gasteiger partial charge is 0.335 e. The van der Waals surface area contributed by atoms with Crippen molar-refractivity contribution < 1.29 is 19.5 Å². The number of hydrogen-bond acceptors (Lipinski definition) is 9. The molecule has 0 aliphatic heterocycles. The van der Waals surface area contributed by atoms with Crippen LogP contribution in [0.15, 0.2) is 54.6 Å². The highest BCUT2D eigenvalue weighted by Gasteiger charge is 2.20. The van der Waals surface area contributed by atoms with Crippen molar-refractivity contribution in [1.29, 1.82) is 0 Å². The molecule has 0 saturated heterocycles. The number of nitrogens with zero attached hydrogens (tertiary/aromatic N) is 6. The molecule has 0 unspecified atom stereocenters. The first kappa shape index (κ1) is 23.2. The first-order chi connectivity index (χ1) is 18.8. The molecule has 10 nitrogen and oxygen atoms in total. The zero-order valence-corrected chi connectivity index (χ0v) is 20.8. The molecule has 0 saturated carbocycles. The molecule has 0 aliphatic rings. The van der Waals surface area contributed by atoms with Gasteiger partial charge in [0.05, 0.1) is 38.7 Å². The molecule has 12 heteroatoms. The monoisotopic (exact) mass is 552 g/mol. The van der Waals surface area contributed by atoms with Gasteiger partial charge in [0.1, 0.15) is 33.1 Å². The summed E-state index contributed by atoms with van der Waals surface area (Å²) < 4.78 is 0. The SMILES string of the molecule is O=C(O)c1ccc2nc3c4nc5ccc(C(=O)Cl)cc5nc4c4nc5ccc(C(=O)Cl)cc5nc4c3nc2c1. The van der Waals surface area contributed by atoms with Crippen LogP contribution in [-0.2, 0) is 0 Å². The molecule has 0 spiro atoms. The maximum atomic E-state index is 11.8. The van der Waals surface area contributed by atoms with E-state index < -0.39 is 16.5 Å². The maximum absolute atomic E-state index is 11.8. The summed E-state index contributed by atoms with van der Waals surface area (Å²) in [6, 6.07) is 13.9. The van der Waals surface area contributed by atoms with Crippen LogP contribution < -0.4 is 0 Å². The summed E-state index contributed by atoms with van der Waals surface area (Å²) in [5.41, 5.74) is 5.25. The van der Waals surface area contributed by atoms with Gasteiger partial charge in [-0.25, -0.2) is 34.7 Å². The molecule has 3 aromatic heterocycles. The van der Waals surface area contributed by atoms with E-state index in [4.69, 9.17) is 53.1 Å². The van der Waals surface area contributed by atoms with Gasteiger partial charge >= 0.3 is 5.97 Å². The zero-order valence-electron chi connectivity index (χ0n) is 19.3. The average Bonchev–Trinajstić information content (AvgIpc) is 2.93. The molecule has 0 atom stereocenters. The van der Waals surface area contributed by atoms with Gasteiger partial charge in [0, 0.05) is 11.1 Å². The Balaban J connectivity index is 1.69. The van der Waals surface area contributed by atoms with E-state index in [1.807, 2.05) is 0 Å². The van der Waals surface area contributed by atoms with E-state index in [1.165, 1.54) is 18.2 Å². The molecule has 0 fully saturated rings. The Morgan fingerprint density at radius 2 is 0.744 bits per heavy atom. The molecule has 39 heavy (non-hydrogen) atoms. The fraction of sp³-hybridized carbons (Fsp3) is 0. The summed E-state index contributed by atoms with van der Waals surface area (Å²) in [5, 5.41) is 8.19. The summed E-state index contributed by atoms with van der Waals surface area (Å²) >= 11 is 11.4. The lowest BCUT2D eigenvalue weighted by atomic mass is 10.1. The molecular weight excluding hydrogens is 543 g/mol. The molecule has 0 aliphatic carbocycles. The minimum Gasteiger partial charge on any atom is -0.478 e. The third-order valence-corrected chi connectivity index (χ3v) is 6.80. The van der Waals surface area contributed by atoms with Crippen LogP contribution >= 0.6 is 23.2 Å². The molecular formula is C27H10Cl2N6O4. The Hall–Kier alpha value is -4.93. The van der Waals surface area contributed by atoms with E-state index in [0.29, 0.717) is 66.2 Å². The van der Waals surface area contributed by atoms with Gasteiger partial charge in [-0.05, 0) is 77.8 Å². The molecule has 0 amide bonds. The lowest BCUT2D eigenvalue weighted by Crippen LogP contribution is -2.01. The lowest BCUT2D eigenvalue weighted by molar-refractivity contribution is 0.0696. The number of carbonyl (C=O) groups is 3. The topological polar surface area (TPSA) is 149 Å².